The third kappa shape index (κ3) is 3.79. The zero-order valence-electron chi connectivity index (χ0n) is 13.4. The quantitative estimate of drug-likeness (QED) is 0.909. The van der Waals surface area contributed by atoms with E-state index in [1.807, 2.05) is 19.2 Å². The van der Waals surface area contributed by atoms with Crippen LogP contribution in [0, 0.1) is 13.8 Å². The lowest BCUT2D eigenvalue weighted by molar-refractivity contribution is 0.464. The van der Waals surface area contributed by atoms with E-state index in [9.17, 15) is 0 Å². The molecule has 112 valence electrons. The van der Waals surface area contributed by atoms with Crippen LogP contribution in [0.15, 0.2) is 24.4 Å². The van der Waals surface area contributed by atoms with Crippen LogP contribution in [0.3, 0.4) is 0 Å². The van der Waals surface area contributed by atoms with Gasteiger partial charge in [0.05, 0.1) is 6.20 Å². The Morgan fingerprint density at radius 1 is 1.19 bits per heavy atom. The van der Waals surface area contributed by atoms with Crippen LogP contribution >= 0.6 is 0 Å². The first-order chi connectivity index (χ1) is 10.0. The number of ether oxygens (including phenoxy) is 1. The molecule has 0 saturated carbocycles. The summed E-state index contributed by atoms with van der Waals surface area (Å²) in [5.41, 5.74) is 3.35. The van der Waals surface area contributed by atoms with Gasteiger partial charge in [-0.2, -0.15) is 0 Å². The maximum absolute atomic E-state index is 5.97. The minimum atomic E-state index is 0.302. The number of benzene rings is 1. The van der Waals surface area contributed by atoms with Crippen molar-refractivity contribution in [1.82, 2.24) is 15.3 Å². The summed E-state index contributed by atoms with van der Waals surface area (Å²) in [6, 6.07) is 6.07. The maximum atomic E-state index is 5.97. The minimum Gasteiger partial charge on any atom is -0.454 e. The molecule has 0 aliphatic rings. The molecule has 2 rings (SSSR count). The molecule has 0 radical (unpaired) electrons. The summed E-state index contributed by atoms with van der Waals surface area (Å²) < 4.78 is 5.97. The fraction of sp³-hybridized carbons (Fsp3) is 0.412. The molecule has 21 heavy (non-hydrogen) atoms. The standard InChI is InChI=1S/C17H23N3O/c1-11(2)17-19-10-16(15(20-17)9-18-5)21-14-7-6-12(3)13(4)8-14/h6-8,10-11,18H,9H2,1-5H3. The van der Waals surface area contributed by atoms with E-state index in [0.717, 1.165) is 17.3 Å². The van der Waals surface area contributed by atoms with Gasteiger partial charge < -0.3 is 10.1 Å². The second-order valence-electron chi connectivity index (χ2n) is 5.57. The Labute approximate surface area is 126 Å². The highest BCUT2D eigenvalue weighted by Crippen LogP contribution is 2.26. The van der Waals surface area contributed by atoms with Gasteiger partial charge in [0.1, 0.15) is 17.3 Å². The maximum Gasteiger partial charge on any atom is 0.168 e. The van der Waals surface area contributed by atoms with Crippen LogP contribution in [0.25, 0.3) is 0 Å². The lowest BCUT2D eigenvalue weighted by Gasteiger charge is -2.13. The van der Waals surface area contributed by atoms with Crippen molar-refractivity contribution in [3.05, 3.63) is 47.0 Å². The predicted octanol–water partition coefficient (Wildman–Crippen LogP) is 3.73. The number of nitrogens with zero attached hydrogens (tertiary/aromatic N) is 2. The molecule has 4 nitrogen and oxygen atoms in total. The van der Waals surface area contributed by atoms with Crippen molar-refractivity contribution in [2.24, 2.45) is 0 Å². The van der Waals surface area contributed by atoms with Gasteiger partial charge in [-0.15, -0.1) is 0 Å². The molecule has 2 aromatic rings. The van der Waals surface area contributed by atoms with Crippen molar-refractivity contribution >= 4 is 0 Å². The minimum absolute atomic E-state index is 0.302. The normalized spacial score (nSPS) is 11.0. The van der Waals surface area contributed by atoms with Gasteiger partial charge in [-0.25, -0.2) is 9.97 Å². The van der Waals surface area contributed by atoms with E-state index in [1.54, 1.807) is 6.20 Å². The third-order valence-electron chi connectivity index (χ3n) is 3.41. The fourth-order valence-electron chi connectivity index (χ4n) is 1.98. The molecule has 0 aliphatic carbocycles. The molecule has 1 aromatic heterocycles. The van der Waals surface area contributed by atoms with E-state index < -0.39 is 0 Å². The molecule has 1 aromatic carbocycles. The lowest BCUT2D eigenvalue weighted by atomic mass is 10.1. The van der Waals surface area contributed by atoms with E-state index in [4.69, 9.17) is 4.74 Å². The smallest absolute Gasteiger partial charge is 0.168 e. The molecule has 0 atom stereocenters. The molecule has 0 spiro atoms. The van der Waals surface area contributed by atoms with Crippen molar-refractivity contribution in [3.8, 4) is 11.5 Å². The highest BCUT2D eigenvalue weighted by molar-refractivity contribution is 5.38. The van der Waals surface area contributed by atoms with Crippen molar-refractivity contribution < 1.29 is 4.74 Å². The molecule has 0 unspecified atom stereocenters. The zero-order valence-corrected chi connectivity index (χ0v) is 13.4. The average Bonchev–Trinajstić information content (AvgIpc) is 2.45. The average molecular weight is 285 g/mol. The molecule has 0 amide bonds. The van der Waals surface area contributed by atoms with E-state index in [2.05, 4.69) is 49.0 Å². The van der Waals surface area contributed by atoms with Crippen LogP contribution in [0.4, 0.5) is 0 Å². The van der Waals surface area contributed by atoms with Crippen LogP contribution in [-0.4, -0.2) is 17.0 Å². The number of aryl methyl sites for hydroxylation is 2. The molecule has 1 N–H and O–H groups in total. The first-order valence-corrected chi connectivity index (χ1v) is 7.26. The summed E-state index contributed by atoms with van der Waals surface area (Å²) in [7, 11) is 1.90. The molecular formula is C17H23N3O. The SMILES string of the molecule is CNCc1nc(C(C)C)ncc1Oc1ccc(C)c(C)c1. The number of nitrogens with one attached hydrogen (secondary N) is 1. The van der Waals surface area contributed by atoms with Crippen molar-refractivity contribution in [2.45, 2.75) is 40.2 Å². The highest BCUT2D eigenvalue weighted by Gasteiger charge is 2.11. The number of rotatable bonds is 5. The summed E-state index contributed by atoms with van der Waals surface area (Å²) in [6.07, 6.45) is 1.77. The largest absolute Gasteiger partial charge is 0.454 e. The molecule has 4 heteroatoms. The molecule has 0 saturated heterocycles. The van der Waals surface area contributed by atoms with Crippen LogP contribution in [0.2, 0.25) is 0 Å². The fourth-order valence-corrected chi connectivity index (χ4v) is 1.98. The summed E-state index contributed by atoms with van der Waals surface area (Å²) in [6.45, 7) is 8.99. The Morgan fingerprint density at radius 2 is 1.95 bits per heavy atom. The summed E-state index contributed by atoms with van der Waals surface area (Å²) >= 11 is 0. The second kappa shape index (κ2) is 6.68. The number of hydrogen-bond acceptors (Lipinski definition) is 4. The van der Waals surface area contributed by atoms with Crippen molar-refractivity contribution in [2.75, 3.05) is 7.05 Å². The first kappa shape index (κ1) is 15.4. The van der Waals surface area contributed by atoms with Gasteiger partial charge in [-0.3, -0.25) is 0 Å². The Kier molecular flexibility index (Phi) is 4.91. The van der Waals surface area contributed by atoms with Crippen LogP contribution in [0.1, 0.15) is 42.4 Å². The third-order valence-corrected chi connectivity index (χ3v) is 3.41. The van der Waals surface area contributed by atoms with Gasteiger partial charge in [0.15, 0.2) is 5.75 Å². The lowest BCUT2D eigenvalue weighted by Crippen LogP contribution is -2.11. The Balaban J connectivity index is 2.31. The highest BCUT2D eigenvalue weighted by atomic mass is 16.5. The summed E-state index contributed by atoms with van der Waals surface area (Å²) in [4.78, 5) is 8.99. The molecule has 0 aliphatic heterocycles. The van der Waals surface area contributed by atoms with E-state index in [0.29, 0.717) is 18.2 Å². The summed E-state index contributed by atoms with van der Waals surface area (Å²) in [5.74, 6) is 2.66. The Bertz CT molecular complexity index is 623. The molecule has 1 heterocycles. The van der Waals surface area contributed by atoms with E-state index in [-0.39, 0.29) is 0 Å². The Morgan fingerprint density at radius 3 is 2.57 bits per heavy atom. The zero-order chi connectivity index (χ0) is 15.4. The van der Waals surface area contributed by atoms with Crippen molar-refractivity contribution in [3.63, 3.8) is 0 Å². The monoisotopic (exact) mass is 285 g/mol. The van der Waals surface area contributed by atoms with Crippen LogP contribution < -0.4 is 10.1 Å². The number of aromatic nitrogens is 2. The predicted molar refractivity (Wildman–Crippen MR) is 84.9 cm³/mol. The Hall–Kier alpha value is -1.94. The second-order valence-corrected chi connectivity index (χ2v) is 5.57. The van der Waals surface area contributed by atoms with E-state index in [1.165, 1.54) is 11.1 Å². The molecule has 0 bridgehead atoms. The van der Waals surface area contributed by atoms with Gasteiger partial charge in [0.2, 0.25) is 0 Å². The van der Waals surface area contributed by atoms with Gasteiger partial charge >= 0.3 is 0 Å². The van der Waals surface area contributed by atoms with Crippen molar-refractivity contribution in [1.29, 1.82) is 0 Å². The van der Waals surface area contributed by atoms with Crippen LogP contribution in [-0.2, 0) is 6.54 Å². The number of hydrogen-bond donors (Lipinski definition) is 1. The van der Waals surface area contributed by atoms with Gasteiger partial charge in [0, 0.05) is 12.5 Å². The topological polar surface area (TPSA) is 47.0 Å². The van der Waals surface area contributed by atoms with Gasteiger partial charge in [-0.1, -0.05) is 19.9 Å². The summed E-state index contributed by atoms with van der Waals surface area (Å²) in [5, 5.41) is 3.13. The first-order valence-electron chi connectivity index (χ1n) is 7.26. The van der Waals surface area contributed by atoms with Crippen LogP contribution in [0.5, 0.6) is 11.5 Å². The van der Waals surface area contributed by atoms with Gasteiger partial charge in [-0.05, 0) is 44.2 Å². The van der Waals surface area contributed by atoms with E-state index >= 15 is 0 Å². The molecule has 0 fully saturated rings. The molecular weight excluding hydrogens is 262 g/mol. The van der Waals surface area contributed by atoms with Gasteiger partial charge in [0.25, 0.3) is 0 Å².